The third-order valence-corrected chi connectivity index (χ3v) is 4.84. The molecule has 0 unspecified atom stereocenters. The molecule has 7 nitrogen and oxygen atoms in total. The van der Waals surface area contributed by atoms with Gasteiger partial charge in [0.15, 0.2) is 11.5 Å². The number of ether oxygens (including phenoxy) is 3. The van der Waals surface area contributed by atoms with Crippen LogP contribution in [0.3, 0.4) is 0 Å². The zero-order valence-corrected chi connectivity index (χ0v) is 17.8. The van der Waals surface area contributed by atoms with E-state index in [4.69, 9.17) is 14.2 Å². The first-order chi connectivity index (χ1) is 13.6. The van der Waals surface area contributed by atoms with Gasteiger partial charge in [-0.1, -0.05) is 18.2 Å². The monoisotopic (exact) mass is 421 g/mol. The molecule has 8 heteroatoms. The smallest absolute Gasteiger partial charge is 0.412 e. The summed E-state index contributed by atoms with van der Waals surface area (Å²) in [5.74, 6) is 1.87. The molecule has 1 amide bonds. The fourth-order valence-electron chi connectivity index (χ4n) is 3.34. The van der Waals surface area contributed by atoms with Crippen molar-refractivity contribution in [2.75, 3.05) is 52.3 Å². The maximum absolute atomic E-state index is 11.4. The van der Waals surface area contributed by atoms with E-state index in [1.807, 2.05) is 30.3 Å². The lowest BCUT2D eigenvalue weighted by molar-refractivity contribution is 0.200. The number of benzene rings is 2. The number of nitrogens with one attached hydrogen (secondary N) is 1. The predicted molar refractivity (Wildman–Crippen MR) is 116 cm³/mol. The van der Waals surface area contributed by atoms with Crippen LogP contribution in [0.15, 0.2) is 42.5 Å². The Morgan fingerprint density at radius 1 is 0.966 bits per heavy atom. The summed E-state index contributed by atoms with van der Waals surface area (Å²) in [5, 5.41) is 2.43. The number of anilines is 1. The van der Waals surface area contributed by atoms with E-state index >= 15 is 0 Å². The Bertz CT molecular complexity index is 810. The van der Waals surface area contributed by atoms with Crippen molar-refractivity contribution in [2.24, 2.45) is 0 Å². The second-order valence-corrected chi connectivity index (χ2v) is 6.56. The van der Waals surface area contributed by atoms with E-state index < -0.39 is 6.09 Å². The van der Waals surface area contributed by atoms with Crippen LogP contribution in [0.25, 0.3) is 0 Å². The summed E-state index contributed by atoms with van der Waals surface area (Å²) in [5.41, 5.74) is 2.26. The Morgan fingerprint density at radius 3 is 2.31 bits per heavy atom. The fraction of sp³-hybridized carbons (Fsp3) is 0.381. The molecular formula is C21H28ClN3O4. The standard InChI is InChI=1S/C21H27N3O4.ClH/c1-22-21(25)28-19-9-8-16(14-20(19)27-3)15-23-10-12-24(13-11-23)17-6-4-5-7-18(17)26-2;/h4-9,14H,10-13,15H2,1-3H3,(H,22,25);1H. The Kier molecular flexibility index (Phi) is 8.42. The number of methoxy groups -OCH3 is 2. The Balaban J connectivity index is 0.00000300. The first-order valence-corrected chi connectivity index (χ1v) is 9.31. The highest BCUT2D eigenvalue weighted by atomic mass is 35.5. The van der Waals surface area contributed by atoms with Gasteiger partial charge in [0.25, 0.3) is 0 Å². The van der Waals surface area contributed by atoms with Crippen molar-refractivity contribution in [3.05, 3.63) is 48.0 Å². The summed E-state index contributed by atoms with van der Waals surface area (Å²) in [7, 11) is 4.80. The van der Waals surface area contributed by atoms with Crippen LogP contribution in [0, 0.1) is 0 Å². The molecule has 158 valence electrons. The summed E-state index contributed by atoms with van der Waals surface area (Å²) in [6.45, 7) is 4.61. The number of rotatable bonds is 6. The maximum atomic E-state index is 11.4. The number of para-hydroxylation sites is 2. The van der Waals surface area contributed by atoms with Gasteiger partial charge in [-0.2, -0.15) is 0 Å². The van der Waals surface area contributed by atoms with E-state index in [1.54, 1.807) is 20.3 Å². The van der Waals surface area contributed by atoms with Crippen molar-refractivity contribution < 1.29 is 19.0 Å². The lowest BCUT2D eigenvalue weighted by Crippen LogP contribution is -2.46. The first kappa shape index (κ1) is 22.6. The molecule has 3 rings (SSSR count). The van der Waals surface area contributed by atoms with Crippen molar-refractivity contribution in [2.45, 2.75) is 6.54 Å². The molecule has 2 aromatic carbocycles. The second kappa shape index (κ2) is 10.8. The van der Waals surface area contributed by atoms with E-state index in [9.17, 15) is 4.79 Å². The van der Waals surface area contributed by atoms with Gasteiger partial charge < -0.3 is 24.4 Å². The highest BCUT2D eigenvalue weighted by Gasteiger charge is 2.20. The van der Waals surface area contributed by atoms with Crippen LogP contribution >= 0.6 is 12.4 Å². The molecule has 1 aliphatic heterocycles. The van der Waals surface area contributed by atoms with E-state index in [0.717, 1.165) is 49.7 Å². The van der Waals surface area contributed by atoms with Crippen LogP contribution < -0.4 is 24.4 Å². The lowest BCUT2D eigenvalue weighted by Gasteiger charge is -2.36. The van der Waals surface area contributed by atoms with Crippen molar-refractivity contribution in [1.82, 2.24) is 10.2 Å². The Hall–Kier alpha value is -2.64. The largest absolute Gasteiger partial charge is 0.495 e. The van der Waals surface area contributed by atoms with Gasteiger partial charge in [0.2, 0.25) is 0 Å². The SMILES string of the molecule is CNC(=O)Oc1ccc(CN2CCN(c3ccccc3OC)CC2)cc1OC.Cl. The predicted octanol–water partition coefficient (Wildman–Crippen LogP) is 3.17. The number of nitrogens with zero attached hydrogens (tertiary/aromatic N) is 2. The molecule has 0 saturated carbocycles. The van der Waals surface area contributed by atoms with Gasteiger partial charge >= 0.3 is 6.09 Å². The van der Waals surface area contributed by atoms with Crippen LogP contribution in [0.5, 0.6) is 17.2 Å². The van der Waals surface area contributed by atoms with Gasteiger partial charge in [0, 0.05) is 39.8 Å². The number of halogens is 1. The molecule has 0 bridgehead atoms. The van der Waals surface area contributed by atoms with Gasteiger partial charge in [0.05, 0.1) is 19.9 Å². The number of hydrogen-bond acceptors (Lipinski definition) is 6. The molecule has 0 aliphatic carbocycles. The van der Waals surface area contributed by atoms with Crippen LogP contribution in [-0.2, 0) is 6.54 Å². The molecule has 0 radical (unpaired) electrons. The van der Waals surface area contributed by atoms with Gasteiger partial charge in [0.1, 0.15) is 5.75 Å². The quantitative estimate of drug-likeness (QED) is 0.773. The van der Waals surface area contributed by atoms with Crippen molar-refractivity contribution in [1.29, 1.82) is 0 Å². The van der Waals surface area contributed by atoms with Crippen molar-refractivity contribution >= 4 is 24.2 Å². The molecule has 1 aliphatic rings. The Morgan fingerprint density at radius 2 is 1.66 bits per heavy atom. The Labute approximate surface area is 177 Å². The maximum Gasteiger partial charge on any atom is 0.412 e. The average Bonchev–Trinajstić information content (AvgIpc) is 2.75. The number of piperazine rings is 1. The summed E-state index contributed by atoms with van der Waals surface area (Å²) in [6, 6.07) is 13.8. The van der Waals surface area contributed by atoms with Crippen molar-refractivity contribution in [3.8, 4) is 17.2 Å². The second-order valence-electron chi connectivity index (χ2n) is 6.56. The van der Waals surface area contributed by atoms with Gasteiger partial charge in [-0.05, 0) is 29.8 Å². The molecule has 29 heavy (non-hydrogen) atoms. The van der Waals surface area contributed by atoms with Gasteiger partial charge in [-0.3, -0.25) is 4.90 Å². The molecule has 0 aromatic heterocycles. The minimum absolute atomic E-state index is 0. The number of amides is 1. The number of hydrogen-bond donors (Lipinski definition) is 1. The average molecular weight is 422 g/mol. The minimum Gasteiger partial charge on any atom is -0.495 e. The minimum atomic E-state index is -0.515. The zero-order chi connectivity index (χ0) is 19.9. The third-order valence-electron chi connectivity index (χ3n) is 4.84. The highest BCUT2D eigenvalue weighted by Crippen LogP contribution is 2.30. The number of carbonyl (C=O) groups excluding carboxylic acids is 1. The molecule has 0 atom stereocenters. The molecular weight excluding hydrogens is 394 g/mol. The first-order valence-electron chi connectivity index (χ1n) is 9.31. The highest BCUT2D eigenvalue weighted by molar-refractivity contribution is 5.85. The normalized spacial score (nSPS) is 14.0. The van der Waals surface area contributed by atoms with Crippen LogP contribution in [0.4, 0.5) is 10.5 Å². The van der Waals surface area contributed by atoms with Crippen LogP contribution in [0.2, 0.25) is 0 Å². The van der Waals surface area contributed by atoms with Gasteiger partial charge in [-0.25, -0.2) is 4.79 Å². The summed E-state index contributed by atoms with van der Waals surface area (Å²) < 4.78 is 16.1. The number of carbonyl (C=O) groups is 1. The molecule has 1 saturated heterocycles. The fourth-order valence-corrected chi connectivity index (χ4v) is 3.34. The summed E-state index contributed by atoms with van der Waals surface area (Å²) in [4.78, 5) is 16.2. The zero-order valence-electron chi connectivity index (χ0n) is 17.0. The summed E-state index contributed by atoms with van der Waals surface area (Å²) in [6.07, 6.45) is -0.515. The van der Waals surface area contributed by atoms with Gasteiger partial charge in [-0.15, -0.1) is 12.4 Å². The van der Waals surface area contributed by atoms with E-state index in [1.165, 1.54) is 7.05 Å². The third kappa shape index (κ3) is 5.68. The van der Waals surface area contributed by atoms with E-state index in [-0.39, 0.29) is 12.4 Å². The summed E-state index contributed by atoms with van der Waals surface area (Å²) >= 11 is 0. The molecule has 0 spiro atoms. The molecule has 1 N–H and O–H groups in total. The lowest BCUT2D eigenvalue weighted by atomic mass is 10.1. The molecule has 1 fully saturated rings. The van der Waals surface area contributed by atoms with Crippen LogP contribution in [-0.4, -0.2) is 58.4 Å². The van der Waals surface area contributed by atoms with Crippen molar-refractivity contribution in [3.63, 3.8) is 0 Å². The van der Waals surface area contributed by atoms with Crippen LogP contribution in [0.1, 0.15) is 5.56 Å². The molecule has 2 aromatic rings. The van der Waals surface area contributed by atoms with E-state index in [0.29, 0.717) is 11.5 Å². The van der Waals surface area contributed by atoms with E-state index in [2.05, 4.69) is 21.2 Å². The topological polar surface area (TPSA) is 63.3 Å². The molecule has 1 heterocycles.